The predicted octanol–water partition coefficient (Wildman–Crippen LogP) is 2.80. The van der Waals surface area contributed by atoms with Gasteiger partial charge in [-0.05, 0) is 37.9 Å². The Hall–Kier alpha value is -1.22. The van der Waals surface area contributed by atoms with Crippen LogP contribution >= 0.6 is 0 Å². The van der Waals surface area contributed by atoms with Crippen molar-refractivity contribution >= 4 is 0 Å². The second-order valence-corrected chi connectivity index (χ2v) is 3.52. The first-order valence-electron chi connectivity index (χ1n) is 4.93. The second kappa shape index (κ2) is 5.61. The quantitative estimate of drug-likeness (QED) is 0.761. The van der Waals surface area contributed by atoms with Crippen LogP contribution in [0.1, 0.15) is 18.9 Å². The van der Waals surface area contributed by atoms with E-state index in [1.54, 1.807) is 6.07 Å². The number of nitrogens with two attached hydrogens (primary N) is 1. The van der Waals surface area contributed by atoms with Crippen molar-refractivity contribution in [2.24, 2.45) is 5.73 Å². The summed E-state index contributed by atoms with van der Waals surface area (Å²) in [6, 6.07) is 4.24. The average molecular weight is 211 g/mol. The molecule has 0 saturated heterocycles. The molecule has 0 amide bonds. The van der Waals surface area contributed by atoms with Crippen LogP contribution in [0.5, 0.6) is 0 Å². The summed E-state index contributed by atoms with van der Waals surface area (Å²) >= 11 is 0. The van der Waals surface area contributed by atoms with Gasteiger partial charge < -0.3 is 5.73 Å². The monoisotopic (exact) mass is 211 g/mol. The molecule has 0 atom stereocenters. The topological polar surface area (TPSA) is 26.0 Å². The van der Waals surface area contributed by atoms with Crippen LogP contribution < -0.4 is 5.73 Å². The Bertz CT molecular complexity index is 359. The van der Waals surface area contributed by atoms with Crippen LogP contribution in [-0.2, 0) is 6.42 Å². The fourth-order valence-corrected chi connectivity index (χ4v) is 1.39. The minimum absolute atomic E-state index is 0.390. The summed E-state index contributed by atoms with van der Waals surface area (Å²) in [5.74, 6) is -1.54. The highest BCUT2D eigenvalue weighted by molar-refractivity contribution is 5.23. The highest BCUT2D eigenvalue weighted by Crippen LogP contribution is 2.15. The van der Waals surface area contributed by atoms with Gasteiger partial charge in [-0.25, -0.2) is 8.78 Å². The first-order chi connectivity index (χ1) is 7.15. The fraction of sp³-hybridized carbons (Fsp3) is 0.333. The average Bonchev–Trinajstić information content (AvgIpc) is 2.22. The Balaban J connectivity index is 2.76. The fourth-order valence-electron chi connectivity index (χ4n) is 1.39. The molecule has 0 saturated carbocycles. The molecular weight excluding hydrogens is 196 g/mol. The van der Waals surface area contributed by atoms with E-state index in [9.17, 15) is 8.78 Å². The molecule has 0 aliphatic carbocycles. The largest absolute Gasteiger partial charge is 0.330 e. The first kappa shape index (κ1) is 11.9. The van der Waals surface area contributed by atoms with Gasteiger partial charge in [0.05, 0.1) is 0 Å². The van der Waals surface area contributed by atoms with Crippen molar-refractivity contribution in [3.63, 3.8) is 0 Å². The number of halogens is 2. The van der Waals surface area contributed by atoms with Crippen LogP contribution in [0, 0.1) is 11.6 Å². The molecule has 2 N–H and O–H groups in total. The van der Waals surface area contributed by atoms with Gasteiger partial charge in [-0.1, -0.05) is 23.8 Å². The van der Waals surface area contributed by atoms with E-state index in [-0.39, 0.29) is 0 Å². The van der Waals surface area contributed by atoms with Crippen molar-refractivity contribution in [3.8, 4) is 0 Å². The molecule has 0 bridgehead atoms. The molecule has 1 rings (SSSR count). The summed E-state index contributed by atoms with van der Waals surface area (Å²) in [6.07, 6.45) is 3.15. The van der Waals surface area contributed by atoms with E-state index in [2.05, 4.69) is 0 Å². The van der Waals surface area contributed by atoms with Gasteiger partial charge in [-0.2, -0.15) is 0 Å². The normalized spacial score (nSPS) is 11.9. The van der Waals surface area contributed by atoms with Gasteiger partial charge in [0.15, 0.2) is 11.6 Å². The van der Waals surface area contributed by atoms with Crippen molar-refractivity contribution in [1.29, 1.82) is 0 Å². The lowest BCUT2D eigenvalue weighted by Gasteiger charge is -2.04. The van der Waals surface area contributed by atoms with E-state index in [1.165, 1.54) is 6.07 Å². The van der Waals surface area contributed by atoms with E-state index in [0.717, 1.165) is 18.1 Å². The highest BCUT2D eigenvalue weighted by Gasteiger charge is 2.07. The zero-order valence-corrected chi connectivity index (χ0v) is 8.76. The lowest BCUT2D eigenvalue weighted by molar-refractivity contribution is 0.500. The molecule has 0 heterocycles. The molecule has 0 aromatic heterocycles. The summed E-state index contributed by atoms with van der Waals surface area (Å²) in [4.78, 5) is 0. The van der Waals surface area contributed by atoms with Crippen LogP contribution in [0.4, 0.5) is 8.78 Å². The minimum Gasteiger partial charge on any atom is -0.330 e. The Morgan fingerprint density at radius 3 is 2.80 bits per heavy atom. The van der Waals surface area contributed by atoms with Gasteiger partial charge in [0.1, 0.15) is 0 Å². The summed E-state index contributed by atoms with van der Waals surface area (Å²) in [5.41, 5.74) is 6.74. The molecule has 0 unspecified atom stereocenters. The Morgan fingerprint density at radius 1 is 1.40 bits per heavy atom. The maximum atomic E-state index is 13.3. The van der Waals surface area contributed by atoms with Crippen LogP contribution in [0.25, 0.3) is 0 Å². The zero-order chi connectivity index (χ0) is 11.3. The molecule has 0 aliphatic heterocycles. The maximum Gasteiger partial charge on any atom is 0.162 e. The van der Waals surface area contributed by atoms with E-state index in [0.29, 0.717) is 18.5 Å². The number of benzene rings is 1. The van der Waals surface area contributed by atoms with E-state index >= 15 is 0 Å². The first-order valence-corrected chi connectivity index (χ1v) is 4.93. The van der Waals surface area contributed by atoms with E-state index < -0.39 is 11.6 Å². The van der Waals surface area contributed by atoms with Crippen molar-refractivity contribution in [3.05, 3.63) is 47.0 Å². The lowest BCUT2D eigenvalue weighted by atomic mass is 10.0. The van der Waals surface area contributed by atoms with Crippen LogP contribution in [-0.4, -0.2) is 6.54 Å². The Morgan fingerprint density at radius 2 is 2.13 bits per heavy atom. The molecule has 0 aliphatic rings. The molecule has 1 aromatic rings. The molecule has 1 aromatic carbocycles. The highest BCUT2D eigenvalue weighted by atomic mass is 19.2. The third-order valence-electron chi connectivity index (χ3n) is 2.16. The molecule has 3 heteroatoms. The number of hydrogen-bond acceptors (Lipinski definition) is 1. The van der Waals surface area contributed by atoms with Crippen LogP contribution in [0.3, 0.4) is 0 Å². The van der Waals surface area contributed by atoms with E-state index in [1.807, 2.05) is 13.0 Å². The van der Waals surface area contributed by atoms with Gasteiger partial charge in [0, 0.05) is 0 Å². The van der Waals surface area contributed by atoms with Crippen molar-refractivity contribution in [2.45, 2.75) is 19.8 Å². The van der Waals surface area contributed by atoms with Gasteiger partial charge in [-0.15, -0.1) is 0 Å². The maximum absolute atomic E-state index is 13.3. The smallest absolute Gasteiger partial charge is 0.162 e. The predicted molar refractivity (Wildman–Crippen MR) is 57.5 cm³/mol. The Labute approximate surface area is 88.6 Å². The van der Waals surface area contributed by atoms with Gasteiger partial charge in [0.25, 0.3) is 0 Å². The summed E-state index contributed by atoms with van der Waals surface area (Å²) < 4.78 is 26.1. The Kier molecular flexibility index (Phi) is 4.43. The van der Waals surface area contributed by atoms with Gasteiger partial charge in [0.2, 0.25) is 0 Å². The van der Waals surface area contributed by atoms with Crippen molar-refractivity contribution < 1.29 is 8.78 Å². The standard InChI is InChI=1S/C12H15F2N/c1-9(4-3-7-15)8-10-5-2-6-11(13)12(10)14/h2,4-6H,3,7-8,15H2,1H3. The van der Waals surface area contributed by atoms with Crippen LogP contribution in [0.2, 0.25) is 0 Å². The molecule has 1 nitrogen and oxygen atoms in total. The lowest BCUT2D eigenvalue weighted by Crippen LogP contribution is -1.98. The van der Waals surface area contributed by atoms with E-state index in [4.69, 9.17) is 5.73 Å². The third kappa shape index (κ3) is 3.44. The zero-order valence-electron chi connectivity index (χ0n) is 8.76. The van der Waals surface area contributed by atoms with Crippen molar-refractivity contribution in [1.82, 2.24) is 0 Å². The molecule has 15 heavy (non-hydrogen) atoms. The van der Waals surface area contributed by atoms with Crippen molar-refractivity contribution in [2.75, 3.05) is 6.54 Å². The SMILES string of the molecule is CC(=CCCN)Cc1cccc(F)c1F. The molecule has 0 spiro atoms. The molecule has 0 radical (unpaired) electrons. The number of allylic oxidation sites excluding steroid dienone is 1. The molecular formula is C12H15F2N. The number of rotatable bonds is 4. The van der Waals surface area contributed by atoms with Gasteiger partial charge >= 0.3 is 0 Å². The summed E-state index contributed by atoms with van der Waals surface area (Å²) in [5, 5.41) is 0. The number of hydrogen-bond donors (Lipinski definition) is 1. The minimum atomic E-state index is -0.792. The molecule has 0 fully saturated rings. The summed E-state index contributed by atoms with van der Waals surface area (Å²) in [6.45, 7) is 2.46. The van der Waals surface area contributed by atoms with Crippen LogP contribution in [0.15, 0.2) is 29.8 Å². The molecule has 82 valence electrons. The summed E-state index contributed by atoms with van der Waals surface area (Å²) in [7, 11) is 0. The third-order valence-corrected chi connectivity index (χ3v) is 2.16. The second-order valence-electron chi connectivity index (χ2n) is 3.52. The van der Waals surface area contributed by atoms with Gasteiger partial charge in [-0.3, -0.25) is 0 Å².